The molecule has 13 heteroatoms. The number of alkyl carbamates (subject to hydrolysis) is 1. The Labute approximate surface area is 281 Å². The quantitative estimate of drug-likeness (QED) is 0.213. The third-order valence-corrected chi connectivity index (χ3v) is 10.1. The van der Waals surface area contributed by atoms with Gasteiger partial charge in [0, 0.05) is 18.8 Å². The van der Waals surface area contributed by atoms with E-state index in [4.69, 9.17) is 29.9 Å². The van der Waals surface area contributed by atoms with Crippen molar-refractivity contribution in [3.63, 3.8) is 0 Å². The molecule has 2 heterocycles. The highest BCUT2D eigenvalue weighted by atomic mass is 32.2. The number of aliphatic hydroxyl groups excluding tert-OH is 1. The molecule has 0 aliphatic carbocycles. The van der Waals surface area contributed by atoms with Crippen LogP contribution in [0.2, 0.25) is 0 Å². The van der Waals surface area contributed by atoms with Gasteiger partial charge in [-0.05, 0) is 72.4 Å². The number of nitrogens with one attached hydrogen (secondary N) is 1. The molecule has 12 nitrogen and oxygen atoms in total. The van der Waals surface area contributed by atoms with Gasteiger partial charge in [0.2, 0.25) is 10.0 Å². The Morgan fingerprint density at radius 3 is 2.58 bits per heavy atom. The lowest BCUT2D eigenvalue weighted by Gasteiger charge is -2.31. The standard InChI is InChI=1S/C35H42N4O8S/c1-23(2)19-39(48(42,43)29-8-4-7-27(37)17-29)20-32(40)31(38-35(41)47-33-22-46-34-30(33)13-14-44-34)16-24-9-11-28(12-10-24)45-21-26-6-3-5-25(15-26)18-36/h3-12,15,17,23,30-34,40H,13-14,16,19-22,37H2,1-2H3,(H,38,41)/t30-,31-,32+,33-,34+/m0/s1. The summed E-state index contributed by atoms with van der Waals surface area (Å²) in [5.41, 5.74) is 8.35. The van der Waals surface area contributed by atoms with E-state index in [9.17, 15) is 18.3 Å². The maximum atomic E-state index is 13.7. The minimum absolute atomic E-state index is 0.0174. The van der Waals surface area contributed by atoms with Crippen molar-refractivity contribution in [2.24, 2.45) is 11.8 Å². The van der Waals surface area contributed by atoms with E-state index in [1.807, 2.05) is 32.0 Å². The second-order valence-electron chi connectivity index (χ2n) is 12.5. The number of anilines is 1. The van der Waals surface area contributed by atoms with Gasteiger partial charge in [-0.2, -0.15) is 9.57 Å². The molecule has 256 valence electrons. The number of carbonyl (C=O) groups is 1. The molecule has 2 aliphatic heterocycles. The number of aliphatic hydroxyl groups is 1. The molecule has 4 N–H and O–H groups in total. The number of nitriles is 1. The highest BCUT2D eigenvalue weighted by molar-refractivity contribution is 7.89. The van der Waals surface area contributed by atoms with Crippen LogP contribution in [0.15, 0.2) is 77.7 Å². The third kappa shape index (κ3) is 9.03. The molecule has 1 amide bonds. The summed E-state index contributed by atoms with van der Waals surface area (Å²) in [4.78, 5) is 13.2. The van der Waals surface area contributed by atoms with Gasteiger partial charge in [0.25, 0.3) is 0 Å². The van der Waals surface area contributed by atoms with Crippen LogP contribution in [0.4, 0.5) is 10.5 Å². The number of carbonyl (C=O) groups excluding carboxylic acids is 1. The van der Waals surface area contributed by atoms with Crippen LogP contribution in [-0.4, -0.2) is 74.8 Å². The zero-order valence-corrected chi connectivity index (χ0v) is 27.8. The van der Waals surface area contributed by atoms with E-state index in [1.165, 1.54) is 16.4 Å². The highest BCUT2D eigenvalue weighted by Crippen LogP contribution is 2.33. The number of ether oxygens (including phenoxy) is 4. The van der Waals surface area contributed by atoms with Crippen molar-refractivity contribution < 1.29 is 37.3 Å². The number of nitrogens with zero attached hydrogens (tertiary/aromatic N) is 2. The second-order valence-corrected chi connectivity index (χ2v) is 14.5. The molecule has 5 atom stereocenters. The fraction of sp³-hybridized carbons (Fsp3) is 0.429. The molecule has 2 fully saturated rings. The number of rotatable bonds is 14. The van der Waals surface area contributed by atoms with Crippen molar-refractivity contribution in [2.75, 3.05) is 32.0 Å². The first-order valence-electron chi connectivity index (χ1n) is 16.0. The van der Waals surface area contributed by atoms with E-state index >= 15 is 0 Å². The van der Waals surface area contributed by atoms with Gasteiger partial charge in [-0.25, -0.2) is 13.2 Å². The van der Waals surface area contributed by atoms with E-state index < -0.39 is 40.7 Å². The van der Waals surface area contributed by atoms with Crippen LogP contribution in [0.1, 0.15) is 37.0 Å². The summed E-state index contributed by atoms with van der Waals surface area (Å²) in [6.07, 6.45) is -2.07. The molecule has 0 spiro atoms. The van der Waals surface area contributed by atoms with Crippen molar-refractivity contribution in [1.82, 2.24) is 9.62 Å². The summed E-state index contributed by atoms with van der Waals surface area (Å²) >= 11 is 0. The van der Waals surface area contributed by atoms with Crippen LogP contribution < -0.4 is 15.8 Å². The van der Waals surface area contributed by atoms with Gasteiger partial charge in [-0.1, -0.05) is 44.2 Å². The maximum Gasteiger partial charge on any atom is 0.407 e. The van der Waals surface area contributed by atoms with E-state index in [0.717, 1.165) is 11.1 Å². The molecule has 0 saturated carbocycles. The Balaban J connectivity index is 1.31. The number of amides is 1. The van der Waals surface area contributed by atoms with E-state index in [0.29, 0.717) is 30.0 Å². The van der Waals surface area contributed by atoms with Crippen molar-refractivity contribution in [2.45, 2.75) is 62.7 Å². The van der Waals surface area contributed by atoms with Crippen LogP contribution in [0.25, 0.3) is 0 Å². The van der Waals surface area contributed by atoms with Crippen LogP contribution in [0.5, 0.6) is 5.75 Å². The molecule has 3 aromatic carbocycles. The average molecular weight is 679 g/mol. The number of nitrogens with two attached hydrogens (primary N) is 1. The zero-order valence-electron chi connectivity index (χ0n) is 27.0. The van der Waals surface area contributed by atoms with Crippen LogP contribution in [-0.2, 0) is 37.3 Å². The average Bonchev–Trinajstić information content (AvgIpc) is 3.69. The van der Waals surface area contributed by atoms with Crippen LogP contribution in [0, 0.1) is 23.2 Å². The largest absolute Gasteiger partial charge is 0.489 e. The predicted molar refractivity (Wildman–Crippen MR) is 177 cm³/mol. The minimum atomic E-state index is -4.03. The number of fused-ring (bicyclic) bond motifs is 1. The molecular weight excluding hydrogens is 636 g/mol. The lowest BCUT2D eigenvalue weighted by molar-refractivity contribution is -0.0907. The maximum absolute atomic E-state index is 13.7. The second kappa shape index (κ2) is 15.8. The Hall–Kier alpha value is -4.19. The molecule has 0 aromatic heterocycles. The summed E-state index contributed by atoms with van der Waals surface area (Å²) in [6, 6.07) is 21.6. The number of benzene rings is 3. The molecule has 0 unspecified atom stereocenters. The van der Waals surface area contributed by atoms with Gasteiger partial charge in [-0.3, -0.25) is 0 Å². The molecule has 0 bridgehead atoms. The number of hydrogen-bond acceptors (Lipinski definition) is 10. The Morgan fingerprint density at radius 2 is 1.85 bits per heavy atom. The normalized spacial score (nSPS) is 20.2. The van der Waals surface area contributed by atoms with Crippen LogP contribution >= 0.6 is 0 Å². The van der Waals surface area contributed by atoms with E-state index in [1.54, 1.807) is 42.5 Å². The Kier molecular flexibility index (Phi) is 11.6. The zero-order chi connectivity index (χ0) is 34.3. The van der Waals surface area contributed by atoms with Crippen molar-refractivity contribution >= 4 is 21.8 Å². The monoisotopic (exact) mass is 678 g/mol. The van der Waals surface area contributed by atoms with Crippen molar-refractivity contribution in [3.05, 3.63) is 89.5 Å². The van der Waals surface area contributed by atoms with Gasteiger partial charge in [-0.15, -0.1) is 0 Å². The topological polar surface area (TPSA) is 173 Å². The predicted octanol–water partition coefficient (Wildman–Crippen LogP) is 3.83. The lowest BCUT2D eigenvalue weighted by Crippen LogP contribution is -2.51. The summed E-state index contributed by atoms with van der Waals surface area (Å²) in [5, 5.41) is 23.5. The smallest absolute Gasteiger partial charge is 0.407 e. The van der Waals surface area contributed by atoms with Gasteiger partial charge in [0.05, 0.1) is 47.8 Å². The highest BCUT2D eigenvalue weighted by Gasteiger charge is 2.44. The van der Waals surface area contributed by atoms with Crippen LogP contribution in [0.3, 0.4) is 0 Å². The fourth-order valence-corrected chi connectivity index (χ4v) is 7.54. The minimum Gasteiger partial charge on any atom is -0.489 e. The SMILES string of the molecule is CC(C)CN(C[C@@H](O)[C@H](Cc1ccc(OCc2cccc(C#N)c2)cc1)NC(=O)O[C@H]1CO[C@H]2OCC[C@H]21)S(=O)(=O)c1cccc(N)c1. The molecule has 2 aliphatic rings. The number of hydrogen-bond donors (Lipinski definition) is 3. The summed E-state index contributed by atoms with van der Waals surface area (Å²) in [6.45, 7) is 4.63. The first-order chi connectivity index (χ1) is 23.0. The van der Waals surface area contributed by atoms with E-state index in [-0.39, 0.29) is 49.5 Å². The first kappa shape index (κ1) is 35.1. The molecule has 48 heavy (non-hydrogen) atoms. The van der Waals surface area contributed by atoms with Gasteiger partial charge < -0.3 is 35.1 Å². The van der Waals surface area contributed by atoms with Crippen molar-refractivity contribution in [1.29, 1.82) is 5.26 Å². The number of nitrogen functional groups attached to an aromatic ring is 1. The molecule has 5 rings (SSSR count). The fourth-order valence-electron chi connectivity index (χ4n) is 5.86. The Morgan fingerprint density at radius 1 is 1.08 bits per heavy atom. The summed E-state index contributed by atoms with van der Waals surface area (Å²) < 4.78 is 51.4. The van der Waals surface area contributed by atoms with Gasteiger partial charge in [0.1, 0.15) is 18.5 Å². The molecular formula is C35H42N4O8S. The molecule has 0 radical (unpaired) electrons. The van der Waals surface area contributed by atoms with Gasteiger partial charge >= 0.3 is 6.09 Å². The Bertz CT molecular complexity index is 1700. The van der Waals surface area contributed by atoms with Crippen molar-refractivity contribution in [3.8, 4) is 11.8 Å². The summed E-state index contributed by atoms with van der Waals surface area (Å²) in [7, 11) is -4.03. The molecule has 2 saturated heterocycles. The van der Waals surface area contributed by atoms with E-state index in [2.05, 4.69) is 11.4 Å². The number of sulfonamides is 1. The van der Waals surface area contributed by atoms with Gasteiger partial charge in [0.15, 0.2) is 6.29 Å². The third-order valence-electron chi connectivity index (χ3n) is 8.31. The summed E-state index contributed by atoms with van der Waals surface area (Å²) in [5.74, 6) is 0.471. The molecule has 3 aromatic rings. The lowest BCUT2D eigenvalue weighted by atomic mass is 10.0. The first-order valence-corrected chi connectivity index (χ1v) is 17.4.